The van der Waals surface area contributed by atoms with Gasteiger partial charge in [0.1, 0.15) is 13.2 Å². The van der Waals surface area contributed by atoms with Gasteiger partial charge in [-0.15, -0.1) is 0 Å². The molecule has 3 aromatic rings. The summed E-state index contributed by atoms with van der Waals surface area (Å²) in [7, 11) is -4.37. The van der Waals surface area contributed by atoms with Crippen LogP contribution in [0.3, 0.4) is 0 Å². The number of allylic oxidation sites excluding steroid dienone is 1. The number of anilines is 1. The Labute approximate surface area is 267 Å². The molecular weight excluding hydrogens is 610 g/mol. The zero-order valence-corrected chi connectivity index (χ0v) is 26.6. The Kier molecular flexibility index (Phi) is 6.96. The molecule has 8 rings (SSSR count). The van der Waals surface area contributed by atoms with Crippen LogP contribution in [0.15, 0.2) is 53.7 Å². The summed E-state index contributed by atoms with van der Waals surface area (Å²) < 4.78 is 57.9. The van der Waals surface area contributed by atoms with Crippen LogP contribution in [-0.4, -0.2) is 66.3 Å². The topological polar surface area (TPSA) is 134 Å². The lowest BCUT2D eigenvalue weighted by molar-refractivity contribution is -0.679. The molecular formula is C34H37N3O8S. The molecule has 5 aliphatic rings. The summed E-state index contributed by atoms with van der Waals surface area (Å²) in [4.78, 5) is 13.9. The van der Waals surface area contributed by atoms with Gasteiger partial charge in [-0.3, -0.25) is 4.79 Å². The van der Waals surface area contributed by atoms with Gasteiger partial charge >= 0.3 is 5.97 Å². The van der Waals surface area contributed by atoms with Gasteiger partial charge in [0.15, 0.2) is 22.5 Å². The molecule has 46 heavy (non-hydrogen) atoms. The first-order chi connectivity index (χ1) is 22.1. The fraction of sp³-hybridized carbons (Fsp3) is 0.471. The maximum atomic E-state index is 11.6. The number of hydrogen-bond acceptors (Lipinski definition) is 8. The second kappa shape index (κ2) is 10.9. The van der Waals surface area contributed by atoms with Gasteiger partial charge in [0.05, 0.1) is 41.0 Å². The van der Waals surface area contributed by atoms with Gasteiger partial charge in [-0.2, -0.15) is 0 Å². The first kappa shape index (κ1) is 29.5. The first-order valence-electron chi connectivity index (χ1n) is 16.1. The second-order valence-electron chi connectivity index (χ2n) is 13.1. The first-order valence-corrected chi connectivity index (χ1v) is 17.7. The van der Waals surface area contributed by atoms with Crippen molar-refractivity contribution >= 4 is 38.4 Å². The standard InChI is InChI=1S/C34H37N3O8S/c1-34(11-4-8-31(38)39)23-6-2-3-7-24(23)35-13-9-27-21(32(34)35)18-22-28(45-27)10-14-37-26-20-30-29(43-15-16-44-30)19-25(26)36(33(22)37)12-5-17-46(40,41)42/h2-3,6-7,18-20,27-28H,4-5,8-17H2,1H3,(H-,38,39,40,41,42). The van der Waals surface area contributed by atoms with E-state index in [-0.39, 0.29) is 30.5 Å². The van der Waals surface area contributed by atoms with Crippen LogP contribution in [0.2, 0.25) is 0 Å². The maximum Gasteiger partial charge on any atom is 0.303 e. The third kappa shape index (κ3) is 4.72. The monoisotopic (exact) mass is 647 g/mol. The number of hydrogen-bond donors (Lipinski definition) is 1. The largest absolute Gasteiger partial charge is 0.748 e. The lowest BCUT2D eigenvalue weighted by Gasteiger charge is -2.42. The predicted molar refractivity (Wildman–Crippen MR) is 168 cm³/mol. The molecule has 3 atom stereocenters. The van der Waals surface area contributed by atoms with Crippen molar-refractivity contribution in [3.8, 4) is 11.5 Å². The highest BCUT2D eigenvalue weighted by Crippen LogP contribution is 2.55. The quantitative estimate of drug-likeness (QED) is 0.286. The fourth-order valence-electron chi connectivity index (χ4n) is 8.38. The molecule has 1 aromatic heterocycles. The molecule has 0 bridgehead atoms. The summed E-state index contributed by atoms with van der Waals surface area (Å²) in [5.74, 6) is 1.01. The number of carbonyl (C=O) groups is 1. The Bertz CT molecular complexity index is 1950. The van der Waals surface area contributed by atoms with E-state index in [4.69, 9.17) is 14.2 Å². The number of imidazole rings is 1. The summed E-state index contributed by atoms with van der Waals surface area (Å²) in [6, 6.07) is 12.4. The van der Waals surface area contributed by atoms with Crippen molar-refractivity contribution in [2.45, 2.75) is 76.2 Å². The van der Waals surface area contributed by atoms with Gasteiger partial charge in [-0.25, -0.2) is 17.6 Å². The average molecular weight is 648 g/mol. The number of aliphatic carboxylic acids is 1. The van der Waals surface area contributed by atoms with E-state index in [9.17, 15) is 22.9 Å². The zero-order chi connectivity index (χ0) is 31.8. The Hall–Kier alpha value is -3.87. The molecule has 0 aliphatic carbocycles. The van der Waals surface area contributed by atoms with E-state index in [1.54, 1.807) is 0 Å². The van der Waals surface area contributed by atoms with E-state index in [1.807, 2.05) is 12.1 Å². The molecule has 2 aromatic carbocycles. The van der Waals surface area contributed by atoms with Crippen LogP contribution in [-0.2, 0) is 38.2 Å². The third-order valence-electron chi connectivity index (χ3n) is 10.3. The molecule has 5 aliphatic heterocycles. The molecule has 6 heterocycles. The van der Waals surface area contributed by atoms with Gasteiger partial charge in [0, 0.05) is 59.6 Å². The van der Waals surface area contributed by atoms with E-state index >= 15 is 0 Å². The van der Waals surface area contributed by atoms with Crippen LogP contribution in [0.1, 0.15) is 56.8 Å². The van der Waals surface area contributed by atoms with Gasteiger partial charge in [0.2, 0.25) is 0 Å². The molecule has 242 valence electrons. The van der Waals surface area contributed by atoms with Crippen LogP contribution in [0.4, 0.5) is 5.69 Å². The van der Waals surface area contributed by atoms with Crippen molar-refractivity contribution in [3.05, 3.63) is 65.1 Å². The summed E-state index contributed by atoms with van der Waals surface area (Å²) in [5.41, 5.74) is 7.15. The van der Waals surface area contributed by atoms with Crippen molar-refractivity contribution in [1.82, 2.24) is 4.57 Å². The van der Waals surface area contributed by atoms with Crippen molar-refractivity contribution in [2.75, 3.05) is 30.4 Å². The highest BCUT2D eigenvalue weighted by Gasteiger charge is 2.50. The van der Waals surface area contributed by atoms with Crippen LogP contribution in [0, 0.1) is 0 Å². The summed E-state index contributed by atoms with van der Waals surface area (Å²) in [6.07, 6.45) is 5.22. The third-order valence-corrected chi connectivity index (χ3v) is 11.0. The number of carboxylic acids is 1. The van der Waals surface area contributed by atoms with Crippen LogP contribution >= 0.6 is 0 Å². The Morgan fingerprint density at radius 3 is 2.67 bits per heavy atom. The van der Waals surface area contributed by atoms with E-state index in [1.165, 1.54) is 16.9 Å². The Morgan fingerprint density at radius 1 is 1.11 bits per heavy atom. The highest BCUT2D eigenvalue weighted by atomic mass is 32.2. The van der Waals surface area contributed by atoms with Crippen LogP contribution < -0.4 is 18.9 Å². The molecule has 0 amide bonds. The number of benzene rings is 2. The minimum atomic E-state index is -4.37. The predicted octanol–water partition coefficient (Wildman–Crippen LogP) is 3.88. The fourth-order valence-corrected chi connectivity index (χ4v) is 8.86. The van der Waals surface area contributed by atoms with E-state index in [0.29, 0.717) is 50.6 Å². The van der Waals surface area contributed by atoms with Crippen molar-refractivity contribution < 1.29 is 41.6 Å². The molecule has 11 nitrogen and oxygen atoms in total. The van der Waals surface area contributed by atoms with E-state index < -0.39 is 21.8 Å². The molecule has 0 spiro atoms. The maximum absolute atomic E-state index is 11.6. The van der Waals surface area contributed by atoms with Gasteiger partial charge < -0.3 is 28.8 Å². The Morgan fingerprint density at radius 2 is 1.89 bits per heavy atom. The van der Waals surface area contributed by atoms with Crippen molar-refractivity contribution in [2.24, 2.45) is 0 Å². The zero-order valence-electron chi connectivity index (χ0n) is 25.7. The van der Waals surface area contributed by atoms with Crippen molar-refractivity contribution in [1.29, 1.82) is 0 Å². The molecule has 1 N–H and O–H groups in total. The van der Waals surface area contributed by atoms with Gasteiger partial charge in [-0.1, -0.05) is 18.2 Å². The number of para-hydroxylation sites is 1. The summed E-state index contributed by atoms with van der Waals surface area (Å²) >= 11 is 0. The molecule has 0 fully saturated rings. The number of rotatable bonds is 8. The average Bonchev–Trinajstić information content (AvgIpc) is 3.47. The lowest BCUT2D eigenvalue weighted by atomic mass is 9.74. The number of aryl methyl sites for hydroxylation is 2. The van der Waals surface area contributed by atoms with Crippen molar-refractivity contribution in [3.63, 3.8) is 0 Å². The lowest BCUT2D eigenvalue weighted by Crippen LogP contribution is -2.49. The summed E-state index contributed by atoms with van der Waals surface area (Å²) in [6.45, 7) is 5.02. The Balaban J connectivity index is 1.31. The number of aromatic nitrogens is 2. The van der Waals surface area contributed by atoms with Crippen LogP contribution in [0.25, 0.3) is 16.6 Å². The molecule has 0 radical (unpaired) electrons. The molecule has 3 unspecified atom stereocenters. The normalized spacial score (nSPS) is 24.6. The summed E-state index contributed by atoms with van der Waals surface area (Å²) in [5, 5.41) is 9.45. The van der Waals surface area contributed by atoms with E-state index in [0.717, 1.165) is 47.4 Å². The SMILES string of the molecule is CC1(CCCC(=O)O)C2=C3C=C4c5n(CCCS(=O)(=O)[O-])c6cc7c(cc6[n+]5CCC4OC3CCN2c2ccccc21)OCCO7. The molecule has 12 heteroatoms. The van der Waals surface area contributed by atoms with Gasteiger partial charge in [-0.05, 0) is 50.3 Å². The number of fused-ring (bicyclic) bond motifs is 10. The molecule has 0 saturated carbocycles. The van der Waals surface area contributed by atoms with E-state index in [2.05, 4.69) is 51.3 Å². The highest BCUT2D eigenvalue weighted by molar-refractivity contribution is 7.85. The smallest absolute Gasteiger partial charge is 0.303 e. The number of carboxylic acid groups (broad SMARTS) is 1. The minimum Gasteiger partial charge on any atom is -0.748 e. The van der Waals surface area contributed by atoms with Gasteiger partial charge in [0.25, 0.3) is 5.82 Å². The number of ether oxygens (including phenoxy) is 3. The second-order valence-corrected chi connectivity index (χ2v) is 14.6. The minimum absolute atomic E-state index is 0.0859. The number of nitrogens with zero attached hydrogens (tertiary/aromatic N) is 3. The van der Waals surface area contributed by atoms with Crippen LogP contribution in [0.5, 0.6) is 11.5 Å². The molecule has 0 saturated heterocycles.